The SMILES string of the molecule is O=C1C(=O)N(Cc2ccco2)C(c2cccc(Cl)c2)/C1=C(/O)c1ccc(F)cc1. The summed E-state index contributed by atoms with van der Waals surface area (Å²) in [4.78, 5) is 27.0. The largest absolute Gasteiger partial charge is 0.507 e. The van der Waals surface area contributed by atoms with Crippen molar-refractivity contribution in [1.29, 1.82) is 0 Å². The molecule has 4 rings (SSSR count). The molecule has 1 aromatic heterocycles. The number of rotatable bonds is 4. The third-order valence-corrected chi connectivity index (χ3v) is 4.96. The molecule has 0 spiro atoms. The van der Waals surface area contributed by atoms with Gasteiger partial charge in [-0.2, -0.15) is 0 Å². The number of halogens is 2. The minimum absolute atomic E-state index is 0.0367. The van der Waals surface area contributed by atoms with Crippen molar-refractivity contribution in [2.75, 3.05) is 0 Å². The lowest BCUT2D eigenvalue weighted by Gasteiger charge is -2.24. The molecule has 29 heavy (non-hydrogen) atoms. The zero-order valence-electron chi connectivity index (χ0n) is 15.0. The van der Waals surface area contributed by atoms with Gasteiger partial charge in [0.2, 0.25) is 0 Å². The Hall–Kier alpha value is -3.38. The van der Waals surface area contributed by atoms with Gasteiger partial charge in [-0.1, -0.05) is 23.7 Å². The normalized spacial score (nSPS) is 18.4. The van der Waals surface area contributed by atoms with Crippen LogP contribution in [-0.4, -0.2) is 21.7 Å². The van der Waals surface area contributed by atoms with Gasteiger partial charge in [-0.05, 0) is 54.1 Å². The summed E-state index contributed by atoms with van der Waals surface area (Å²) in [6, 6.07) is 14.2. The number of benzene rings is 2. The Bertz CT molecular complexity index is 1110. The summed E-state index contributed by atoms with van der Waals surface area (Å²) in [6.07, 6.45) is 1.47. The second-order valence-electron chi connectivity index (χ2n) is 6.57. The Morgan fingerprint density at radius 3 is 2.52 bits per heavy atom. The van der Waals surface area contributed by atoms with E-state index in [2.05, 4.69) is 0 Å². The van der Waals surface area contributed by atoms with E-state index in [4.69, 9.17) is 16.0 Å². The van der Waals surface area contributed by atoms with Gasteiger partial charge in [0, 0.05) is 10.6 Å². The molecule has 1 aliphatic heterocycles. The van der Waals surface area contributed by atoms with Gasteiger partial charge in [0.05, 0.1) is 24.4 Å². The van der Waals surface area contributed by atoms with Crippen LogP contribution in [0.4, 0.5) is 4.39 Å². The first-order valence-corrected chi connectivity index (χ1v) is 9.15. The first-order chi connectivity index (χ1) is 14.0. The number of aliphatic hydroxyl groups is 1. The number of hydrogen-bond donors (Lipinski definition) is 1. The van der Waals surface area contributed by atoms with E-state index in [0.717, 1.165) is 0 Å². The molecule has 1 fully saturated rings. The summed E-state index contributed by atoms with van der Waals surface area (Å²) in [5, 5.41) is 11.3. The van der Waals surface area contributed by atoms with E-state index in [9.17, 15) is 19.1 Å². The van der Waals surface area contributed by atoms with E-state index in [0.29, 0.717) is 16.3 Å². The predicted octanol–water partition coefficient (Wildman–Crippen LogP) is 4.69. The number of amides is 1. The molecule has 1 atom stereocenters. The van der Waals surface area contributed by atoms with E-state index < -0.39 is 23.5 Å². The van der Waals surface area contributed by atoms with E-state index in [1.54, 1.807) is 36.4 Å². The molecular formula is C22H15ClFNO4. The highest BCUT2D eigenvalue weighted by molar-refractivity contribution is 6.46. The van der Waals surface area contributed by atoms with Crippen LogP contribution in [0.1, 0.15) is 22.9 Å². The summed E-state index contributed by atoms with van der Waals surface area (Å²) in [5.41, 5.74) is 0.705. The predicted molar refractivity (Wildman–Crippen MR) is 104 cm³/mol. The number of aliphatic hydroxyl groups excluding tert-OH is 1. The number of nitrogens with zero attached hydrogens (tertiary/aromatic N) is 1. The Labute approximate surface area is 170 Å². The van der Waals surface area contributed by atoms with Gasteiger partial charge in [-0.25, -0.2) is 4.39 Å². The van der Waals surface area contributed by atoms with Crippen molar-refractivity contribution in [3.63, 3.8) is 0 Å². The zero-order chi connectivity index (χ0) is 20.5. The maximum absolute atomic E-state index is 13.3. The summed E-state index contributed by atoms with van der Waals surface area (Å²) in [5.74, 6) is -1.97. The van der Waals surface area contributed by atoms with Crippen LogP contribution >= 0.6 is 11.6 Å². The van der Waals surface area contributed by atoms with Crippen LogP contribution in [0.3, 0.4) is 0 Å². The molecule has 1 amide bonds. The Kier molecular flexibility index (Phi) is 4.94. The molecule has 1 saturated heterocycles. The molecule has 0 radical (unpaired) electrons. The minimum atomic E-state index is -0.871. The summed E-state index contributed by atoms with van der Waals surface area (Å²) < 4.78 is 18.6. The molecule has 2 aromatic carbocycles. The van der Waals surface area contributed by atoms with Crippen molar-refractivity contribution in [2.45, 2.75) is 12.6 Å². The van der Waals surface area contributed by atoms with Crippen LogP contribution in [0, 0.1) is 5.82 Å². The molecule has 0 aliphatic carbocycles. The maximum Gasteiger partial charge on any atom is 0.296 e. The third kappa shape index (κ3) is 3.54. The van der Waals surface area contributed by atoms with Gasteiger partial charge in [-0.3, -0.25) is 9.59 Å². The molecule has 1 unspecified atom stereocenters. The monoisotopic (exact) mass is 411 g/mol. The molecular weight excluding hydrogens is 397 g/mol. The van der Waals surface area contributed by atoms with Gasteiger partial charge in [0.15, 0.2) is 0 Å². The van der Waals surface area contributed by atoms with Crippen molar-refractivity contribution >= 4 is 29.1 Å². The highest BCUT2D eigenvalue weighted by Crippen LogP contribution is 2.40. The number of hydrogen-bond acceptors (Lipinski definition) is 4. The molecule has 146 valence electrons. The molecule has 5 nitrogen and oxygen atoms in total. The smallest absolute Gasteiger partial charge is 0.296 e. The molecule has 0 saturated carbocycles. The number of Topliss-reactive ketones (excluding diaryl/α,β-unsaturated/α-hetero) is 1. The Morgan fingerprint density at radius 2 is 1.86 bits per heavy atom. The summed E-state index contributed by atoms with van der Waals surface area (Å²) in [7, 11) is 0. The fourth-order valence-electron chi connectivity index (χ4n) is 3.40. The van der Waals surface area contributed by atoms with Crippen LogP contribution in [0.5, 0.6) is 0 Å². The first-order valence-electron chi connectivity index (χ1n) is 8.78. The number of carbonyl (C=O) groups is 2. The summed E-state index contributed by atoms with van der Waals surface area (Å²) in [6.45, 7) is 0.0367. The van der Waals surface area contributed by atoms with E-state index >= 15 is 0 Å². The molecule has 0 bridgehead atoms. The van der Waals surface area contributed by atoms with E-state index in [1.165, 1.54) is 35.4 Å². The first kappa shape index (κ1) is 19.0. The van der Waals surface area contributed by atoms with Crippen LogP contribution in [0.15, 0.2) is 76.9 Å². The topological polar surface area (TPSA) is 70.8 Å². The maximum atomic E-state index is 13.3. The molecule has 1 aliphatic rings. The minimum Gasteiger partial charge on any atom is -0.507 e. The lowest BCUT2D eigenvalue weighted by molar-refractivity contribution is -0.140. The van der Waals surface area contributed by atoms with Crippen LogP contribution < -0.4 is 0 Å². The Balaban J connectivity index is 1.87. The average molecular weight is 412 g/mol. The average Bonchev–Trinajstić information content (AvgIpc) is 3.30. The van der Waals surface area contributed by atoms with E-state index in [1.807, 2.05) is 0 Å². The van der Waals surface area contributed by atoms with Gasteiger partial charge >= 0.3 is 0 Å². The van der Waals surface area contributed by atoms with Gasteiger partial charge in [0.1, 0.15) is 17.3 Å². The lowest BCUT2D eigenvalue weighted by atomic mass is 9.95. The third-order valence-electron chi connectivity index (χ3n) is 4.73. The molecule has 1 N–H and O–H groups in total. The standard InChI is InChI=1S/C22H15ClFNO4/c23-15-4-1-3-14(11-15)19-18(20(26)13-6-8-16(24)9-7-13)21(27)22(28)25(19)12-17-5-2-10-29-17/h1-11,19,26H,12H2/b20-18-. The summed E-state index contributed by atoms with van der Waals surface area (Å²) >= 11 is 6.12. The highest BCUT2D eigenvalue weighted by atomic mass is 35.5. The molecule has 7 heteroatoms. The fourth-order valence-corrected chi connectivity index (χ4v) is 3.60. The molecule has 3 aromatic rings. The second-order valence-corrected chi connectivity index (χ2v) is 7.00. The number of carbonyl (C=O) groups excluding carboxylic acids is 2. The van der Waals surface area contributed by atoms with Gasteiger partial charge in [-0.15, -0.1) is 0 Å². The quantitative estimate of drug-likeness (QED) is 0.384. The van der Waals surface area contributed by atoms with Gasteiger partial charge in [0.25, 0.3) is 11.7 Å². The highest BCUT2D eigenvalue weighted by Gasteiger charge is 2.46. The fraction of sp³-hybridized carbons (Fsp3) is 0.0909. The van der Waals surface area contributed by atoms with Crippen LogP contribution in [-0.2, 0) is 16.1 Å². The van der Waals surface area contributed by atoms with Crippen molar-refractivity contribution in [3.8, 4) is 0 Å². The van der Waals surface area contributed by atoms with Crippen molar-refractivity contribution in [2.24, 2.45) is 0 Å². The van der Waals surface area contributed by atoms with Crippen molar-refractivity contribution in [1.82, 2.24) is 4.90 Å². The number of ketones is 1. The van der Waals surface area contributed by atoms with Crippen LogP contribution in [0.25, 0.3) is 5.76 Å². The molecule has 2 heterocycles. The number of likely N-dealkylation sites (tertiary alicyclic amines) is 1. The lowest BCUT2D eigenvalue weighted by Crippen LogP contribution is -2.29. The van der Waals surface area contributed by atoms with Gasteiger partial charge < -0.3 is 14.4 Å². The Morgan fingerprint density at radius 1 is 1.10 bits per heavy atom. The number of furan rings is 1. The van der Waals surface area contributed by atoms with E-state index in [-0.39, 0.29) is 23.4 Å². The second kappa shape index (κ2) is 7.56. The van der Waals surface area contributed by atoms with Crippen LogP contribution in [0.2, 0.25) is 5.02 Å². The van der Waals surface area contributed by atoms with Crippen molar-refractivity contribution in [3.05, 3.63) is 100 Å². The van der Waals surface area contributed by atoms with Crippen molar-refractivity contribution < 1.29 is 23.5 Å². The zero-order valence-corrected chi connectivity index (χ0v) is 15.8.